The number of rotatable bonds is 6. The quantitative estimate of drug-likeness (QED) is 0.406. The van der Waals surface area contributed by atoms with Crippen LogP contribution in [0.3, 0.4) is 0 Å². The molecular weight excluding hydrogens is 408 g/mol. The molecule has 0 fully saturated rings. The van der Waals surface area contributed by atoms with Crippen LogP contribution in [0.4, 0.5) is 11.4 Å². The van der Waals surface area contributed by atoms with E-state index in [2.05, 4.69) is 15.8 Å². The molecule has 0 aliphatic rings. The standard InChI is InChI=1S/C24H20N4O4/c1-31-17-11-12-21-15(13-17)14-19(22(25)29)24(32-21)28-27-23(30)18-9-5-6-10-20(18)26-16-7-3-2-4-8-16/h2-14,26H,1H3,(H2,25,29)(H,27,30)/b28-24-. The number of primary amides is 1. The number of hydrogen-bond donors (Lipinski definition) is 3. The highest BCUT2D eigenvalue weighted by Gasteiger charge is 2.13. The Labute approximate surface area is 183 Å². The second-order valence-corrected chi connectivity index (χ2v) is 6.82. The molecule has 0 bridgehead atoms. The predicted octanol–water partition coefficient (Wildman–Crippen LogP) is 3.53. The molecule has 4 N–H and O–H groups in total. The van der Waals surface area contributed by atoms with E-state index in [1.165, 1.54) is 7.11 Å². The van der Waals surface area contributed by atoms with Crippen LogP contribution < -0.4 is 26.8 Å². The van der Waals surface area contributed by atoms with Crippen molar-refractivity contribution < 1.29 is 18.7 Å². The Hall–Kier alpha value is -4.59. The molecule has 0 radical (unpaired) electrons. The Morgan fingerprint density at radius 1 is 0.938 bits per heavy atom. The van der Waals surface area contributed by atoms with Gasteiger partial charge < -0.3 is 20.2 Å². The van der Waals surface area contributed by atoms with Gasteiger partial charge in [-0.15, -0.1) is 5.10 Å². The zero-order valence-electron chi connectivity index (χ0n) is 17.2. The van der Waals surface area contributed by atoms with E-state index >= 15 is 0 Å². The van der Waals surface area contributed by atoms with Crippen molar-refractivity contribution in [3.05, 3.63) is 95.5 Å². The van der Waals surface area contributed by atoms with Crippen LogP contribution in [0.15, 0.2) is 88.4 Å². The van der Waals surface area contributed by atoms with Crippen molar-refractivity contribution in [2.24, 2.45) is 10.8 Å². The molecule has 1 aromatic heterocycles. The van der Waals surface area contributed by atoms with E-state index in [0.29, 0.717) is 28.0 Å². The maximum atomic E-state index is 12.8. The smallest absolute Gasteiger partial charge is 0.273 e. The first-order valence-corrected chi connectivity index (χ1v) is 9.72. The molecule has 0 atom stereocenters. The number of benzene rings is 3. The molecule has 2 amide bonds. The monoisotopic (exact) mass is 428 g/mol. The van der Waals surface area contributed by atoms with Gasteiger partial charge in [-0.05, 0) is 48.5 Å². The molecule has 4 rings (SSSR count). The number of carbonyl (C=O) groups is 2. The third kappa shape index (κ3) is 4.44. The van der Waals surface area contributed by atoms with Crippen molar-refractivity contribution in [3.8, 4) is 5.75 Å². The highest BCUT2D eigenvalue weighted by molar-refractivity contribution is 6.00. The van der Waals surface area contributed by atoms with Gasteiger partial charge in [0.15, 0.2) is 0 Å². The summed E-state index contributed by atoms with van der Waals surface area (Å²) in [5.74, 6) is -0.620. The van der Waals surface area contributed by atoms with Gasteiger partial charge in [0.2, 0.25) is 5.55 Å². The Balaban J connectivity index is 1.67. The lowest BCUT2D eigenvalue weighted by atomic mass is 10.1. The summed E-state index contributed by atoms with van der Waals surface area (Å²) >= 11 is 0. The number of nitrogens with zero attached hydrogens (tertiary/aromatic N) is 1. The second kappa shape index (κ2) is 9.05. The average Bonchev–Trinajstić information content (AvgIpc) is 2.82. The van der Waals surface area contributed by atoms with Crippen molar-refractivity contribution in [2.75, 3.05) is 12.4 Å². The van der Waals surface area contributed by atoms with Crippen LogP contribution in [0.2, 0.25) is 0 Å². The van der Waals surface area contributed by atoms with E-state index in [1.807, 2.05) is 36.4 Å². The van der Waals surface area contributed by atoms with Crippen molar-refractivity contribution in [3.63, 3.8) is 0 Å². The fourth-order valence-corrected chi connectivity index (χ4v) is 3.12. The van der Waals surface area contributed by atoms with E-state index in [0.717, 1.165) is 5.69 Å². The van der Waals surface area contributed by atoms with Gasteiger partial charge in [-0.1, -0.05) is 30.3 Å². The van der Waals surface area contributed by atoms with Crippen LogP contribution in [-0.2, 0) is 0 Å². The van der Waals surface area contributed by atoms with Gasteiger partial charge in [-0.25, -0.2) is 5.43 Å². The van der Waals surface area contributed by atoms with E-state index in [4.69, 9.17) is 14.9 Å². The lowest BCUT2D eigenvalue weighted by molar-refractivity contribution is 0.0947. The zero-order valence-corrected chi connectivity index (χ0v) is 17.2. The van der Waals surface area contributed by atoms with Crippen molar-refractivity contribution in [1.82, 2.24) is 5.43 Å². The first-order chi connectivity index (χ1) is 15.5. The number of hydrogen-bond acceptors (Lipinski definition) is 6. The molecule has 4 aromatic rings. The van der Waals surface area contributed by atoms with Crippen LogP contribution in [-0.4, -0.2) is 18.9 Å². The molecule has 0 aliphatic carbocycles. The predicted molar refractivity (Wildman–Crippen MR) is 120 cm³/mol. The molecule has 0 saturated heterocycles. The van der Waals surface area contributed by atoms with E-state index < -0.39 is 11.8 Å². The fourth-order valence-electron chi connectivity index (χ4n) is 3.12. The average molecular weight is 428 g/mol. The van der Waals surface area contributed by atoms with Crippen molar-refractivity contribution in [1.29, 1.82) is 0 Å². The van der Waals surface area contributed by atoms with Gasteiger partial charge in [0.25, 0.3) is 11.8 Å². The minimum Gasteiger partial charge on any atom is -0.497 e. The number of nitrogens with two attached hydrogens (primary N) is 1. The topological polar surface area (TPSA) is 119 Å². The van der Waals surface area contributed by atoms with E-state index in [9.17, 15) is 9.59 Å². The Morgan fingerprint density at radius 2 is 1.69 bits per heavy atom. The summed E-state index contributed by atoms with van der Waals surface area (Å²) in [5, 5.41) is 7.83. The lowest BCUT2D eigenvalue weighted by Gasteiger charge is -2.11. The van der Waals surface area contributed by atoms with Gasteiger partial charge in [0.05, 0.1) is 18.4 Å². The van der Waals surface area contributed by atoms with Gasteiger partial charge in [-0.3, -0.25) is 9.59 Å². The number of methoxy groups -OCH3 is 1. The molecule has 3 aromatic carbocycles. The van der Waals surface area contributed by atoms with E-state index in [-0.39, 0.29) is 11.1 Å². The SMILES string of the molecule is COc1ccc2o/c(=N\NC(=O)c3ccccc3Nc3ccccc3)c(C(N)=O)cc2c1. The van der Waals surface area contributed by atoms with Crippen molar-refractivity contribution >= 4 is 34.2 Å². The number of ether oxygens (including phenoxy) is 1. The summed E-state index contributed by atoms with van der Waals surface area (Å²) in [5.41, 5.74) is 10.1. The van der Waals surface area contributed by atoms with Gasteiger partial charge in [0.1, 0.15) is 16.9 Å². The summed E-state index contributed by atoms with van der Waals surface area (Å²) < 4.78 is 10.9. The summed E-state index contributed by atoms with van der Waals surface area (Å²) in [7, 11) is 1.54. The molecule has 32 heavy (non-hydrogen) atoms. The van der Waals surface area contributed by atoms with Gasteiger partial charge in [-0.2, -0.15) is 0 Å². The molecule has 0 aliphatic heterocycles. The molecule has 160 valence electrons. The normalized spacial score (nSPS) is 11.2. The van der Waals surface area contributed by atoms with Crippen LogP contribution in [0.1, 0.15) is 20.7 Å². The summed E-state index contributed by atoms with van der Waals surface area (Å²) in [6.45, 7) is 0. The number of nitrogens with one attached hydrogen (secondary N) is 2. The summed E-state index contributed by atoms with van der Waals surface area (Å²) in [6.07, 6.45) is 0. The van der Waals surface area contributed by atoms with Gasteiger partial charge in [0, 0.05) is 11.1 Å². The molecule has 0 unspecified atom stereocenters. The third-order valence-corrected chi connectivity index (χ3v) is 4.70. The first-order valence-electron chi connectivity index (χ1n) is 9.72. The number of para-hydroxylation sites is 2. The largest absolute Gasteiger partial charge is 0.497 e. The third-order valence-electron chi connectivity index (χ3n) is 4.70. The second-order valence-electron chi connectivity index (χ2n) is 6.82. The summed E-state index contributed by atoms with van der Waals surface area (Å²) in [6, 6.07) is 23.1. The minimum absolute atomic E-state index is 0.0294. The fraction of sp³-hybridized carbons (Fsp3) is 0.0417. The number of anilines is 2. The zero-order chi connectivity index (χ0) is 22.5. The number of fused-ring (bicyclic) bond motifs is 1. The molecule has 0 saturated carbocycles. The first kappa shape index (κ1) is 20.7. The maximum absolute atomic E-state index is 12.8. The number of amides is 2. The highest BCUT2D eigenvalue weighted by atomic mass is 16.5. The summed E-state index contributed by atoms with van der Waals surface area (Å²) in [4.78, 5) is 24.8. The molecule has 8 nitrogen and oxygen atoms in total. The lowest BCUT2D eigenvalue weighted by Crippen LogP contribution is -2.27. The molecule has 8 heteroatoms. The number of carbonyl (C=O) groups excluding carboxylic acids is 2. The van der Waals surface area contributed by atoms with Crippen LogP contribution in [0, 0.1) is 0 Å². The van der Waals surface area contributed by atoms with Crippen LogP contribution in [0.5, 0.6) is 5.75 Å². The van der Waals surface area contributed by atoms with Crippen LogP contribution >= 0.6 is 0 Å². The van der Waals surface area contributed by atoms with Crippen molar-refractivity contribution in [2.45, 2.75) is 0 Å². The Kier molecular flexibility index (Phi) is 5.85. The Bertz CT molecular complexity index is 1360. The Morgan fingerprint density at radius 3 is 2.44 bits per heavy atom. The maximum Gasteiger partial charge on any atom is 0.273 e. The van der Waals surface area contributed by atoms with Gasteiger partial charge >= 0.3 is 0 Å². The molecule has 1 heterocycles. The van der Waals surface area contributed by atoms with E-state index in [1.54, 1.807) is 42.5 Å². The molecule has 0 spiro atoms. The highest BCUT2D eigenvalue weighted by Crippen LogP contribution is 2.21. The van der Waals surface area contributed by atoms with Crippen LogP contribution in [0.25, 0.3) is 11.0 Å². The molecular formula is C24H20N4O4. The minimum atomic E-state index is -0.738.